The maximum atomic E-state index is 6.09. The van der Waals surface area contributed by atoms with E-state index in [1.807, 2.05) is 50.2 Å². The van der Waals surface area contributed by atoms with Crippen molar-refractivity contribution in [3.63, 3.8) is 0 Å². The van der Waals surface area contributed by atoms with Crippen LogP contribution in [0.15, 0.2) is 36.4 Å². The number of rotatable bonds is 3. The van der Waals surface area contributed by atoms with Crippen molar-refractivity contribution >= 4 is 17.3 Å². The van der Waals surface area contributed by atoms with E-state index in [-0.39, 0.29) is 0 Å². The van der Waals surface area contributed by atoms with Gasteiger partial charge in [0, 0.05) is 16.3 Å². The molecular formula is C15H16ClNO. The topological polar surface area (TPSA) is 35.2 Å². The summed E-state index contributed by atoms with van der Waals surface area (Å²) in [5, 5.41) is 0.724. The fourth-order valence-electron chi connectivity index (χ4n) is 1.74. The number of hydrogen-bond donors (Lipinski definition) is 1. The molecule has 0 bridgehead atoms. The number of nitrogen functional groups attached to an aromatic ring is 1. The van der Waals surface area contributed by atoms with Crippen LogP contribution in [0.1, 0.15) is 16.7 Å². The number of hydrogen-bond acceptors (Lipinski definition) is 2. The van der Waals surface area contributed by atoms with E-state index in [1.165, 1.54) is 0 Å². The minimum absolute atomic E-state index is 0.462. The Bertz CT molecular complexity index is 566. The third-order valence-electron chi connectivity index (χ3n) is 2.90. The molecule has 2 N–H and O–H groups in total. The van der Waals surface area contributed by atoms with Crippen LogP contribution in [0.5, 0.6) is 5.75 Å². The lowest BCUT2D eigenvalue weighted by molar-refractivity contribution is 0.304. The zero-order valence-corrected chi connectivity index (χ0v) is 11.3. The molecule has 0 saturated carbocycles. The van der Waals surface area contributed by atoms with Gasteiger partial charge >= 0.3 is 0 Å². The van der Waals surface area contributed by atoms with Crippen molar-refractivity contribution in [2.75, 3.05) is 5.73 Å². The first-order chi connectivity index (χ1) is 8.58. The van der Waals surface area contributed by atoms with Crippen LogP contribution in [0.4, 0.5) is 5.69 Å². The zero-order valence-electron chi connectivity index (χ0n) is 10.5. The van der Waals surface area contributed by atoms with Crippen molar-refractivity contribution in [1.29, 1.82) is 0 Å². The summed E-state index contributed by atoms with van der Waals surface area (Å²) >= 11 is 6.09. The van der Waals surface area contributed by atoms with Gasteiger partial charge in [-0.15, -0.1) is 0 Å². The van der Waals surface area contributed by atoms with E-state index < -0.39 is 0 Å². The zero-order chi connectivity index (χ0) is 13.1. The highest BCUT2D eigenvalue weighted by Crippen LogP contribution is 2.26. The molecule has 3 heteroatoms. The van der Waals surface area contributed by atoms with Crippen LogP contribution in [0.3, 0.4) is 0 Å². The predicted octanol–water partition coefficient (Wildman–Crippen LogP) is 4.12. The summed E-state index contributed by atoms with van der Waals surface area (Å²) in [6.45, 7) is 4.42. The summed E-state index contributed by atoms with van der Waals surface area (Å²) < 4.78 is 5.80. The summed E-state index contributed by atoms with van der Waals surface area (Å²) in [5.41, 5.74) is 9.67. The highest BCUT2D eigenvalue weighted by Gasteiger charge is 2.05. The lowest BCUT2D eigenvalue weighted by Crippen LogP contribution is -1.99. The van der Waals surface area contributed by atoms with Crippen molar-refractivity contribution in [1.82, 2.24) is 0 Å². The van der Waals surface area contributed by atoms with E-state index in [0.29, 0.717) is 6.61 Å². The summed E-state index contributed by atoms with van der Waals surface area (Å²) in [6.07, 6.45) is 0. The molecule has 0 heterocycles. The molecule has 0 atom stereocenters. The van der Waals surface area contributed by atoms with Gasteiger partial charge < -0.3 is 10.5 Å². The summed E-state index contributed by atoms with van der Waals surface area (Å²) in [5.74, 6) is 0.849. The second-order valence-corrected chi connectivity index (χ2v) is 4.76. The molecule has 18 heavy (non-hydrogen) atoms. The van der Waals surface area contributed by atoms with Gasteiger partial charge in [0.2, 0.25) is 0 Å². The van der Waals surface area contributed by atoms with Gasteiger partial charge in [0.05, 0.1) is 0 Å². The van der Waals surface area contributed by atoms with Crippen molar-refractivity contribution in [2.24, 2.45) is 0 Å². The Morgan fingerprint density at radius 2 is 1.83 bits per heavy atom. The first-order valence-corrected chi connectivity index (χ1v) is 6.18. The first-order valence-electron chi connectivity index (χ1n) is 5.81. The Labute approximate surface area is 112 Å². The molecule has 0 amide bonds. The number of ether oxygens (including phenoxy) is 1. The molecule has 2 aromatic rings. The van der Waals surface area contributed by atoms with Crippen LogP contribution in [0, 0.1) is 13.8 Å². The van der Waals surface area contributed by atoms with Crippen molar-refractivity contribution in [2.45, 2.75) is 20.5 Å². The van der Waals surface area contributed by atoms with E-state index in [1.54, 1.807) is 0 Å². The van der Waals surface area contributed by atoms with Crippen LogP contribution < -0.4 is 10.5 Å². The Kier molecular flexibility index (Phi) is 3.78. The molecule has 2 aromatic carbocycles. The average Bonchev–Trinajstić information content (AvgIpc) is 2.34. The van der Waals surface area contributed by atoms with Crippen LogP contribution in [-0.4, -0.2) is 0 Å². The van der Waals surface area contributed by atoms with Gasteiger partial charge in [-0.2, -0.15) is 0 Å². The molecule has 0 spiro atoms. The monoisotopic (exact) mass is 261 g/mol. The molecule has 0 aliphatic carbocycles. The molecule has 2 rings (SSSR count). The quantitative estimate of drug-likeness (QED) is 0.844. The number of nitrogens with two attached hydrogens (primary N) is 1. The number of aryl methyl sites for hydroxylation is 2. The van der Waals surface area contributed by atoms with E-state index in [9.17, 15) is 0 Å². The molecule has 94 valence electrons. The summed E-state index contributed by atoms with van der Waals surface area (Å²) in [4.78, 5) is 0. The Hall–Kier alpha value is -1.67. The molecule has 0 unspecified atom stereocenters. The van der Waals surface area contributed by atoms with E-state index in [0.717, 1.165) is 33.1 Å². The molecule has 0 aromatic heterocycles. The van der Waals surface area contributed by atoms with Crippen LogP contribution in [0.25, 0.3) is 0 Å². The molecule has 0 fully saturated rings. The first kappa shape index (κ1) is 12.8. The number of anilines is 1. The molecule has 2 nitrogen and oxygen atoms in total. The van der Waals surface area contributed by atoms with Crippen LogP contribution >= 0.6 is 11.6 Å². The van der Waals surface area contributed by atoms with Crippen molar-refractivity contribution in [3.05, 3.63) is 58.1 Å². The normalized spacial score (nSPS) is 10.4. The third-order valence-corrected chi connectivity index (χ3v) is 3.27. The number of benzene rings is 2. The van der Waals surface area contributed by atoms with Gasteiger partial charge in [0.25, 0.3) is 0 Å². The fourth-order valence-corrected chi connectivity index (χ4v) is 1.93. The van der Waals surface area contributed by atoms with Crippen LogP contribution in [0.2, 0.25) is 5.02 Å². The predicted molar refractivity (Wildman–Crippen MR) is 76.1 cm³/mol. The second kappa shape index (κ2) is 5.32. The molecule has 0 saturated heterocycles. The minimum atomic E-state index is 0.462. The fraction of sp³-hybridized carbons (Fsp3) is 0.200. The maximum absolute atomic E-state index is 6.09. The molecule has 0 aliphatic heterocycles. The smallest absolute Gasteiger partial charge is 0.123 e. The van der Waals surface area contributed by atoms with Crippen LogP contribution in [-0.2, 0) is 6.61 Å². The van der Waals surface area contributed by atoms with E-state index in [2.05, 4.69) is 0 Å². The Morgan fingerprint density at radius 1 is 1.11 bits per heavy atom. The lowest BCUT2D eigenvalue weighted by atomic mass is 10.1. The van der Waals surface area contributed by atoms with Gasteiger partial charge in [-0.3, -0.25) is 0 Å². The van der Waals surface area contributed by atoms with Gasteiger partial charge in [-0.05, 0) is 43.2 Å². The third kappa shape index (κ3) is 2.77. The van der Waals surface area contributed by atoms with Gasteiger partial charge in [0.15, 0.2) is 0 Å². The Morgan fingerprint density at radius 3 is 2.56 bits per heavy atom. The summed E-state index contributed by atoms with van der Waals surface area (Å²) in [6, 6.07) is 11.6. The summed E-state index contributed by atoms with van der Waals surface area (Å²) in [7, 11) is 0. The van der Waals surface area contributed by atoms with E-state index in [4.69, 9.17) is 22.1 Å². The van der Waals surface area contributed by atoms with Gasteiger partial charge in [-0.25, -0.2) is 0 Å². The van der Waals surface area contributed by atoms with E-state index >= 15 is 0 Å². The highest BCUT2D eigenvalue weighted by molar-refractivity contribution is 6.31. The van der Waals surface area contributed by atoms with Gasteiger partial charge in [0.1, 0.15) is 12.4 Å². The minimum Gasteiger partial charge on any atom is -0.489 e. The van der Waals surface area contributed by atoms with Crippen molar-refractivity contribution in [3.8, 4) is 5.75 Å². The molecule has 0 aliphatic rings. The molecular weight excluding hydrogens is 246 g/mol. The largest absolute Gasteiger partial charge is 0.489 e. The highest BCUT2D eigenvalue weighted by atomic mass is 35.5. The SMILES string of the molecule is Cc1cc(OCc2ccccc2Cl)c(C)cc1N. The lowest BCUT2D eigenvalue weighted by Gasteiger charge is -2.12. The Balaban J connectivity index is 2.16. The average molecular weight is 262 g/mol. The number of halogens is 1. The van der Waals surface area contributed by atoms with Crippen molar-refractivity contribution < 1.29 is 4.74 Å². The molecule has 0 radical (unpaired) electrons. The van der Waals surface area contributed by atoms with Gasteiger partial charge in [-0.1, -0.05) is 29.8 Å². The second-order valence-electron chi connectivity index (χ2n) is 4.35. The maximum Gasteiger partial charge on any atom is 0.123 e. The standard InChI is InChI=1S/C15H16ClNO/c1-10-8-15(11(2)7-14(10)17)18-9-12-5-3-4-6-13(12)16/h3-8H,9,17H2,1-2H3.